The van der Waals surface area contributed by atoms with Gasteiger partial charge in [-0.1, -0.05) is 46.1 Å². The first-order valence-electron chi connectivity index (χ1n) is 27.0. The quantitative estimate of drug-likeness (QED) is 0.0219. The van der Waals surface area contributed by atoms with Gasteiger partial charge in [0.2, 0.25) is 0 Å². The summed E-state index contributed by atoms with van der Waals surface area (Å²) in [6.45, 7) is 34.8. The fraction of sp³-hybridized carbons (Fsp3) is 0.571. The Labute approximate surface area is 493 Å². The maximum absolute atomic E-state index is 12.9. The second-order valence-corrected chi connectivity index (χ2v) is 43.8. The Hall–Kier alpha value is -4.27. The number of carbonyl (C=O) groups excluding carboxylic acids is 7. The molecule has 0 aromatic carbocycles. The molecule has 6 rings (SSSR count). The highest BCUT2D eigenvalue weighted by Crippen LogP contribution is 2.52. The minimum atomic E-state index is -4.84. The van der Waals surface area contributed by atoms with Gasteiger partial charge in [-0.05, 0) is 93.4 Å². The summed E-state index contributed by atoms with van der Waals surface area (Å²) in [7, 11) is -36.6. The molecular formula is C49H77O26Si8. The molecule has 6 aliphatic heterocycles. The van der Waals surface area contributed by atoms with E-state index in [4.69, 9.17) is 82.5 Å². The number of rotatable bonds is 35. The van der Waals surface area contributed by atoms with E-state index in [0.717, 1.165) is 0 Å². The van der Waals surface area contributed by atoms with Crippen molar-refractivity contribution in [1.29, 1.82) is 0 Å². The molecule has 0 unspecified atom stereocenters. The lowest BCUT2D eigenvalue weighted by molar-refractivity contribution is -0.139. The van der Waals surface area contributed by atoms with Gasteiger partial charge in [0.25, 0.3) is 0 Å². The normalized spacial score (nSPS) is 27.7. The molecule has 0 aliphatic carbocycles. The zero-order valence-electron chi connectivity index (χ0n) is 48.4. The van der Waals surface area contributed by atoms with Gasteiger partial charge in [0.15, 0.2) is 0 Å². The predicted octanol–water partition coefficient (Wildman–Crippen LogP) is 6.38. The molecule has 0 amide bonds. The van der Waals surface area contributed by atoms with E-state index in [1.54, 1.807) is 0 Å². The van der Waals surface area contributed by atoms with Crippen LogP contribution in [0.1, 0.15) is 93.4 Å². The maximum atomic E-state index is 12.9. The van der Waals surface area contributed by atoms with Crippen molar-refractivity contribution >= 4 is 113 Å². The molecule has 0 atom stereocenters. The van der Waals surface area contributed by atoms with Gasteiger partial charge in [0.1, 0.15) is 0 Å². The van der Waals surface area contributed by atoms with E-state index in [1.165, 1.54) is 48.5 Å². The van der Waals surface area contributed by atoms with Crippen molar-refractivity contribution in [2.75, 3.05) is 46.2 Å². The third-order valence-electron chi connectivity index (χ3n) is 12.0. The van der Waals surface area contributed by atoms with E-state index in [0.29, 0.717) is 0 Å². The van der Waals surface area contributed by atoms with Crippen molar-refractivity contribution in [3.63, 3.8) is 0 Å². The average Bonchev–Trinajstić information content (AvgIpc) is 1.30. The van der Waals surface area contributed by atoms with Gasteiger partial charge in [-0.25, -0.2) is 33.6 Å². The fourth-order valence-electron chi connectivity index (χ4n) is 8.12. The van der Waals surface area contributed by atoms with Crippen LogP contribution >= 0.6 is 0 Å². The minimum absolute atomic E-state index is 0.00599. The summed E-state index contributed by atoms with van der Waals surface area (Å²) in [5.41, 5.74) is 0.954. The lowest BCUT2D eigenvalue weighted by Crippen LogP contribution is -2.86. The first kappa shape index (κ1) is 69.5. The highest BCUT2D eigenvalue weighted by atomic mass is 28.6. The summed E-state index contributed by atoms with van der Waals surface area (Å²) < 4.78 is 128. The molecule has 0 aromatic heterocycles. The van der Waals surface area contributed by atoms with Crippen molar-refractivity contribution in [3.05, 3.63) is 85.1 Å². The number of hydrogen-bond donors (Lipinski definition) is 0. The Kier molecular flexibility index (Phi) is 25.4. The summed E-state index contributed by atoms with van der Waals surface area (Å²) in [4.78, 5) is 89.7. The van der Waals surface area contributed by atoms with Crippen LogP contribution < -0.4 is 0 Å². The predicted molar refractivity (Wildman–Crippen MR) is 305 cm³/mol. The highest BCUT2D eigenvalue weighted by Gasteiger charge is 2.81. The molecule has 8 bridgehead atoms. The van der Waals surface area contributed by atoms with Crippen LogP contribution in [0.2, 0.25) is 42.3 Å². The summed E-state index contributed by atoms with van der Waals surface area (Å²) in [5, 5.41) is 0. The van der Waals surface area contributed by atoms with E-state index in [-0.39, 0.29) is 173 Å². The molecule has 0 N–H and O–H groups in total. The molecule has 34 heteroatoms. The van der Waals surface area contributed by atoms with Gasteiger partial charge in [-0.2, -0.15) is 0 Å². The Bertz CT molecular complexity index is 2280. The molecular weight excluding hydrogens is 1230 g/mol. The molecule has 6 saturated heterocycles. The van der Waals surface area contributed by atoms with Gasteiger partial charge in [-0.3, -0.25) is 0 Å². The first-order chi connectivity index (χ1) is 38.9. The third-order valence-corrected chi connectivity index (χ3v) is 46.9. The maximum Gasteiger partial charge on any atom is 0.553 e. The van der Waals surface area contributed by atoms with Crippen molar-refractivity contribution in [1.82, 2.24) is 0 Å². The Balaban J connectivity index is 1.84. The number of ether oxygens (including phenoxy) is 7. The number of carbonyl (C=O) groups is 7. The Morgan fingerprint density at radius 3 is 0.542 bits per heavy atom. The molecule has 6 heterocycles. The van der Waals surface area contributed by atoms with Crippen LogP contribution in [-0.4, -0.2) is 159 Å². The van der Waals surface area contributed by atoms with E-state index in [9.17, 15) is 33.6 Å². The van der Waals surface area contributed by atoms with Crippen molar-refractivity contribution < 1.29 is 116 Å². The standard InChI is InChI=1S/C49H77O26Si8/c1-36(2)43(50)57-22-15-29-77-64-76-65-78(30-16-23-58-44(51)37(3)4)69-80(67-77,32-18-25-60-46(53)39(7)8)73-83(35-21-28-63-49(56)42(13)14)74-81(68-77,33-19-26-61-47(54)40(9)10)70-79(66-76,31-17-24-59-45(52)38(5)6)72-82(71-78,75-83)34-20-27-62-48(55)41(11)12/h1,3,5,7,9,11,13,15-35H2,2,4,6,8,10,12,14H3. The lowest BCUT2D eigenvalue weighted by Gasteiger charge is -2.61. The van der Waals surface area contributed by atoms with Crippen molar-refractivity contribution in [2.45, 2.75) is 136 Å². The molecule has 0 saturated carbocycles. The third kappa shape index (κ3) is 20.1. The average molecular weight is 1310 g/mol. The number of hydrogen-bond acceptors (Lipinski definition) is 26. The summed E-state index contributed by atoms with van der Waals surface area (Å²) in [5.74, 6) is -4.73. The van der Waals surface area contributed by atoms with E-state index in [2.05, 4.69) is 46.1 Å². The summed E-state index contributed by atoms with van der Waals surface area (Å²) in [6.07, 6.45) is 0.00755. The second kappa shape index (κ2) is 30.4. The SMILES string of the molecule is C=C(C)C(=O)OCCC[Si]12O[Si]3O[Si]4(CCCOC(=O)C(=C)C)O[Si](CCCOC(=O)C(=C)C)(O1)O[Si]1(CCCOC(=O)C(=C)C)O[Si](CCCOC(=O)C(=C)C)(O2)O[Si](CCCOC(=O)C(=C)C)(O3)O[Si](CCCOC(=O)C(=C)C)(O4)O1. The second-order valence-electron chi connectivity index (χ2n) is 20.4. The summed E-state index contributed by atoms with van der Waals surface area (Å²) >= 11 is 0. The highest BCUT2D eigenvalue weighted by molar-refractivity contribution is 7.01. The molecule has 461 valence electrons. The van der Waals surface area contributed by atoms with Crippen LogP contribution in [0.5, 0.6) is 0 Å². The van der Waals surface area contributed by atoms with Gasteiger partial charge in [0.05, 0.1) is 46.2 Å². The van der Waals surface area contributed by atoms with Gasteiger partial charge >= 0.3 is 113 Å². The van der Waals surface area contributed by atoms with E-state index < -0.39 is 113 Å². The van der Waals surface area contributed by atoms with Crippen molar-refractivity contribution in [2.24, 2.45) is 0 Å². The van der Waals surface area contributed by atoms with Gasteiger partial charge in [-0.15, -0.1) is 0 Å². The van der Waals surface area contributed by atoms with Crippen LogP contribution in [-0.2, 0) is 116 Å². The molecule has 0 aromatic rings. The molecule has 0 spiro atoms. The van der Waals surface area contributed by atoms with Crippen LogP contribution in [0.4, 0.5) is 0 Å². The molecule has 6 fully saturated rings. The zero-order chi connectivity index (χ0) is 61.4. The minimum Gasteiger partial charge on any atom is -0.462 e. The van der Waals surface area contributed by atoms with Gasteiger partial charge < -0.3 is 82.5 Å². The van der Waals surface area contributed by atoms with Crippen LogP contribution in [0.15, 0.2) is 85.1 Å². The van der Waals surface area contributed by atoms with Crippen LogP contribution in [0, 0.1) is 0 Å². The fourth-order valence-corrected chi connectivity index (χ4v) is 53.8. The Morgan fingerprint density at radius 1 is 0.265 bits per heavy atom. The molecule has 1 radical (unpaired) electrons. The van der Waals surface area contributed by atoms with Crippen molar-refractivity contribution in [3.8, 4) is 0 Å². The zero-order valence-corrected chi connectivity index (χ0v) is 56.4. The smallest absolute Gasteiger partial charge is 0.462 e. The Morgan fingerprint density at radius 2 is 0.398 bits per heavy atom. The molecule has 26 nitrogen and oxygen atoms in total. The first-order valence-corrected chi connectivity index (χ1v) is 41.7. The van der Waals surface area contributed by atoms with Gasteiger partial charge in [0, 0.05) is 81.3 Å². The summed E-state index contributed by atoms with van der Waals surface area (Å²) in [6, 6.07) is -1.27. The molecule has 83 heavy (non-hydrogen) atoms. The number of esters is 7. The lowest BCUT2D eigenvalue weighted by atomic mass is 10.4. The molecule has 6 aliphatic rings. The van der Waals surface area contributed by atoms with Crippen LogP contribution in [0.3, 0.4) is 0 Å². The van der Waals surface area contributed by atoms with E-state index >= 15 is 0 Å². The topological polar surface area (TPSA) is 295 Å². The van der Waals surface area contributed by atoms with E-state index in [1.807, 2.05) is 0 Å². The van der Waals surface area contributed by atoms with Crippen LogP contribution in [0.25, 0.3) is 0 Å². The monoisotopic (exact) mass is 1310 g/mol. The largest absolute Gasteiger partial charge is 0.553 e.